The lowest BCUT2D eigenvalue weighted by Gasteiger charge is -2.06. The van der Waals surface area contributed by atoms with Gasteiger partial charge in [0.05, 0.1) is 5.39 Å². The minimum atomic E-state index is 0.851. The third-order valence-corrected chi connectivity index (χ3v) is 5.77. The highest BCUT2D eigenvalue weighted by Gasteiger charge is 2.10. The van der Waals surface area contributed by atoms with Gasteiger partial charge in [-0.2, -0.15) is 0 Å². The maximum absolute atomic E-state index is 4.44. The number of nitrogens with zero attached hydrogens (tertiary/aromatic N) is 2. The second kappa shape index (κ2) is 5.81. The van der Waals surface area contributed by atoms with E-state index in [2.05, 4.69) is 76.6 Å². The van der Waals surface area contributed by atoms with Crippen molar-refractivity contribution in [1.82, 2.24) is 15.0 Å². The maximum Gasteiger partial charge on any atom is 0.142 e. The van der Waals surface area contributed by atoms with Crippen LogP contribution in [0.4, 0.5) is 11.5 Å². The number of para-hydroxylation sites is 1. The lowest BCUT2D eigenvalue weighted by atomic mass is 10.1. The smallest absolute Gasteiger partial charge is 0.142 e. The molecule has 5 rings (SSSR count). The van der Waals surface area contributed by atoms with Crippen molar-refractivity contribution in [1.29, 1.82) is 0 Å². The highest BCUT2D eigenvalue weighted by atomic mass is 32.1. The first-order valence-corrected chi connectivity index (χ1v) is 9.56. The largest absolute Gasteiger partial charge is 0.354 e. The molecule has 2 aromatic carbocycles. The molecule has 26 heavy (non-hydrogen) atoms. The third kappa shape index (κ3) is 2.35. The fraction of sp³-hybridized carbons (Fsp3) is 0.143. The van der Waals surface area contributed by atoms with Crippen LogP contribution in [0.15, 0.2) is 48.8 Å². The summed E-state index contributed by atoms with van der Waals surface area (Å²) < 4.78 is 0. The molecule has 0 unspecified atom stereocenters. The standard InChI is InChI=1S/C21H18N4S/c1-3-13-5-4-6-16-15-8-7-14(10-18(15)25-19(13)16)24-20-17-9-12(2)26-21(17)23-11-22-20/h4-11,25H,3H2,1-2H3,(H,22,23,24). The van der Waals surface area contributed by atoms with Gasteiger partial charge in [0.1, 0.15) is 17.0 Å². The Balaban J connectivity index is 1.62. The van der Waals surface area contributed by atoms with Crippen molar-refractivity contribution >= 4 is 54.9 Å². The molecule has 0 atom stereocenters. The molecule has 0 aliphatic heterocycles. The molecule has 0 fully saturated rings. The van der Waals surface area contributed by atoms with E-state index in [1.54, 1.807) is 17.7 Å². The third-order valence-electron chi connectivity index (χ3n) is 4.82. The normalized spacial score (nSPS) is 11.6. The monoisotopic (exact) mass is 358 g/mol. The Morgan fingerprint density at radius 1 is 1.04 bits per heavy atom. The predicted molar refractivity (Wildman–Crippen MR) is 111 cm³/mol. The molecule has 5 aromatic rings. The molecule has 0 bridgehead atoms. The minimum absolute atomic E-state index is 0.851. The number of nitrogens with one attached hydrogen (secondary N) is 2. The summed E-state index contributed by atoms with van der Waals surface area (Å²) in [4.78, 5) is 14.6. The Hall–Kier alpha value is -2.92. The summed E-state index contributed by atoms with van der Waals surface area (Å²) in [5, 5.41) is 7.06. The number of hydrogen-bond donors (Lipinski definition) is 2. The fourth-order valence-electron chi connectivity index (χ4n) is 3.57. The molecular weight excluding hydrogens is 340 g/mol. The van der Waals surface area contributed by atoms with E-state index in [-0.39, 0.29) is 0 Å². The summed E-state index contributed by atoms with van der Waals surface area (Å²) in [5.41, 5.74) is 4.74. The summed E-state index contributed by atoms with van der Waals surface area (Å²) in [6.45, 7) is 4.29. The first-order valence-electron chi connectivity index (χ1n) is 8.74. The second-order valence-electron chi connectivity index (χ2n) is 6.50. The van der Waals surface area contributed by atoms with E-state index in [4.69, 9.17) is 0 Å². The average Bonchev–Trinajstić information content (AvgIpc) is 3.21. The second-order valence-corrected chi connectivity index (χ2v) is 7.74. The number of hydrogen-bond acceptors (Lipinski definition) is 4. The van der Waals surface area contributed by atoms with Crippen LogP contribution in [-0.4, -0.2) is 15.0 Å². The maximum atomic E-state index is 4.44. The number of aryl methyl sites for hydroxylation is 2. The van der Waals surface area contributed by atoms with E-state index in [0.717, 1.165) is 33.7 Å². The van der Waals surface area contributed by atoms with E-state index in [0.29, 0.717) is 0 Å². The fourth-order valence-corrected chi connectivity index (χ4v) is 4.42. The van der Waals surface area contributed by atoms with E-state index < -0.39 is 0 Å². The van der Waals surface area contributed by atoms with Gasteiger partial charge < -0.3 is 10.3 Å². The number of rotatable bonds is 3. The SMILES string of the molecule is CCc1cccc2c1[nH]c1cc(Nc3ncnc4sc(C)cc34)ccc12. The zero-order chi connectivity index (χ0) is 17.7. The van der Waals surface area contributed by atoms with Gasteiger partial charge in [0.25, 0.3) is 0 Å². The lowest BCUT2D eigenvalue weighted by molar-refractivity contribution is 1.15. The van der Waals surface area contributed by atoms with Gasteiger partial charge in [-0.05, 0) is 37.1 Å². The van der Waals surface area contributed by atoms with Crippen LogP contribution >= 0.6 is 11.3 Å². The van der Waals surface area contributed by atoms with Gasteiger partial charge in [0.15, 0.2) is 0 Å². The molecule has 3 heterocycles. The van der Waals surface area contributed by atoms with Gasteiger partial charge in [0, 0.05) is 32.4 Å². The van der Waals surface area contributed by atoms with Crippen molar-refractivity contribution in [2.24, 2.45) is 0 Å². The van der Waals surface area contributed by atoms with Crippen LogP contribution in [0.5, 0.6) is 0 Å². The minimum Gasteiger partial charge on any atom is -0.354 e. The number of anilines is 2. The predicted octanol–water partition coefficient (Wildman–Crippen LogP) is 5.94. The molecule has 4 nitrogen and oxygen atoms in total. The first-order chi connectivity index (χ1) is 12.7. The zero-order valence-corrected chi connectivity index (χ0v) is 15.4. The number of thiophene rings is 1. The molecule has 128 valence electrons. The molecule has 0 saturated carbocycles. The van der Waals surface area contributed by atoms with Crippen molar-refractivity contribution in [2.75, 3.05) is 5.32 Å². The first kappa shape index (κ1) is 15.3. The van der Waals surface area contributed by atoms with Gasteiger partial charge in [-0.15, -0.1) is 11.3 Å². The molecular formula is C21H18N4S. The highest BCUT2D eigenvalue weighted by molar-refractivity contribution is 7.18. The van der Waals surface area contributed by atoms with Crippen LogP contribution in [0.25, 0.3) is 32.0 Å². The highest BCUT2D eigenvalue weighted by Crippen LogP contribution is 2.32. The molecule has 0 spiro atoms. The molecule has 0 saturated heterocycles. The summed E-state index contributed by atoms with van der Waals surface area (Å²) >= 11 is 1.69. The molecule has 0 radical (unpaired) electrons. The molecule has 0 aliphatic carbocycles. The van der Waals surface area contributed by atoms with Crippen molar-refractivity contribution in [3.63, 3.8) is 0 Å². The van der Waals surface area contributed by atoms with E-state index in [9.17, 15) is 0 Å². The van der Waals surface area contributed by atoms with Crippen LogP contribution in [0, 0.1) is 6.92 Å². The Kier molecular flexibility index (Phi) is 3.43. The van der Waals surface area contributed by atoms with Crippen molar-refractivity contribution in [3.05, 3.63) is 59.2 Å². The van der Waals surface area contributed by atoms with Gasteiger partial charge in [-0.1, -0.05) is 31.2 Å². The van der Waals surface area contributed by atoms with Crippen molar-refractivity contribution in [2.45, 2.75) is 20.3 Å². The summed E-state index contributed by atoms with van der Waals surface area (Å²) in [7, 11) is 0. The summed E-state index contributed by atoms with van der Waals surface area (Å²) in [6.07, 6.45) is 2.64. The van der Waals surface area contributed by atoms with Crippen LogP contribution < -0.4 is 5.32 Å². The molecule has 3 aromatic heterocycles. The zero-order valence-electron chi connectivity index (χ0n) is 14.6. The molecule has 0 aliphatic rings. The average molecular weight is 358 g/mol. The molecule has 0 amide bonds. The number of aromatic amines is 1. The van der Waals surface area contributed by atoms with Crippen molar-refractivity contribution < 1.29 is 0 Å². The van der Waals surface area contributed by atoms with E-state index in [1.165, 1.54) is 26.7 Å². The van der Waals surface area contributed by atoms with Crippen LogP contribution in [-0.2, 0) is 6.42 Å². The Bertz CT molecular complexity index is 1270. The van der Waals surface area contributed by atoms with Crippen LogP contribution in [0.2, 0.25) is 0 Å². The Labute approximate surface area is 154 Å². The number of fused-ring (bicyclic) bond motifs is 4. The van der Waals surface area contributed by atoms with Gasteiger partial charge in [-0.3, -0.25) is 0 Å². The lowest BCUT2D eigenvalue weighted by Crippen LogP contribution is -1.94. The van der Waals surface area contributed by atoms with Crippen molar-refractivity contribution in [3.8, 4) is 0 Å². The molecule has 5 heteroatoms. The van der Waals surface area contributed by atoms with Gasteiger partial charge in [-0.25, -0.2) is 9.97 Å². The number of benzene rings is 2. The summed E-state index contributed by atoms with van der Waals surface area (Å²) in [5.74, 6) is 0.851. The number of aromatic nitrogens is 3. The number of H-pyrrole nitrogens is 1. The van der Waals surface area contributed by atoms with E-state index in [1.807, 2.05) is 0 Å². The van der Waals surface area contributed by atoms with Crippen LogP contribution in [0.3, 0.4) is 0 Å². The van der Waals surface area contributed by atoms with E-state index >= 15 is 0 Å². The van der Waals surface area contributed by atoms with Gasteiger partial charge >= 0.3 is 0 Å². The topological polar surface area (TPSA) is 53.6 Å². The summed E-state index contributed by atoms with van der Waals surface area (Å²) in [6, 6.07) is 15.1. The van der Waals surface area contributed by atoms with Crippen LogP contribution in [0.1, 0.15) is 17.4 Å². The molecule has 2 N–H and O–H groups in total. The Morgan fingerprint density at radius 3 is 2.85 bits per heavy atom. The quantitative estimate of drug-likeness (QED) is 0.419. The Morgan fingerprint density at radius 2 is 1.96 bits per heavy atom. The van der Waals surface area contributed by atoms with Gasteiger partial charge in [0.2, 0.25) is 0 Å².